The fraction of sp³-hybridized carbons (Fsp3) is 0.526. The lowest BCUT2D eigenvalue weighted by atomic mass is 9.95. The van der Waals surface area contributed by atoms with Gasteiger partial charge in [-0.25, -0.2) is 0 Å². The molecule has 1 unspecified atom stereocenters. The predicted molar refractivity (Wildman–Crippen MR) is 111 cm³/mol. The molecule has 1 aliphatic carbocycles. The molecule has 0 aromatic heterocycles. The first-order valence-electron chi connectivity index (χ1n) is 8.41. The van der Waals surface area contributed by atoms with Crippen LogP contribution in [0, 0.1) is 0 Å². The van der Waals surface area contributed by atoms with Crippen molar-refractivity contribution in [2.24, 2.45) is 0 Å². The summed E-state index contributed by atoms with van der Waals surface area (Å²) in [4.78, 5) is 3.42. The normalized spacial score (nSPS) is 15.8. The van der Waals surface area contributed by atoms with Crippen molar-refractivity contribution in [1.29, 1.82) is 0 Å². The van der Waals surface area contributed by atoms with Crippen LogP contribution in [-0.4, -0.2) is 34.3 Å². The molecule has 1 nitrogen and oxygen atoms in total. The van der Waals surface area contributed by atoms with E-state index in [2.05, 4.69) is 36.4 Å². The summed E-state index contributed by atoms with van der Waals surface area (Å²) in [6, 6.07) is 10.8. The SMILES string of the molecule is CN(C)C(=S)SCCCC(Sc1ccccc1)C1=CCCCC1. The van der Waals surface area contributed by atoms with Gasteiger partial charge in [0, 0.05) is 30.0 Å². The van der Waals surface area contributed by atoms with Crippen molar-refractivity contribution in [3.63, 3.8) is 0 Å². The lowest BCUT2D eigenvalue weighted by Crippen LogP contribution is -2.16. The maximum atomic E-state index is 5.36. The van der Waals surface area contributed by atoms with E-state index in [4.69, 9.17) is 12.2 Å². The second-order valence-electron chi connectivity index (χ2n) is 6.10. The number of allylic oxidation sites excluding steroid dienone is 1. The molecule has 0 fully saturated rings. The van der Waals surface area contributed by atoms with Crippen LogP contribution in [0.5, 0.6) is 0 Å². The van der Waals surface area contributed by atoms with E-state index in [9.17, 15) is 0 Å². The smallest absolute Gasteiger partial charge is 0.135 e. The van der Waals surface area contributed by atoms with E-state index >= 15 is 0 Å². The molecule has 2 rings (SSSR count). The molecule has 0 N–H and O–H groups in total. The number of rotatable bonds is 7. The number of thiocarbonyl (C=S) groups is 1. The quantitative estimate of drug-likeness (QED) is 0.252. The van der Waals surface area contributed by atoms with Gasteiger partial charge in [-0.15, -0.1) is 11.8 Å². The molecule has 0 bridgehead atoms. The molecule has 1 aliphatic rings. The highest BCUT2D eigenvalue weighted by Gasteiger charge is 2.17. The highest BCUT2D eigenvalue weighted by atomic mass is 32.2. The maximum absolute atomic E-state index is 5.36. The van der Waals surface area contributed by atoms with E-state index in [1.54, 1.807) is 5.57 Å². The van der Waals surface area contributed by atoms with Gasteiger partial charge >= 0.3 is 0 Å². The van der Waals surface area contributed by atoms with Crippen molar-refractivity contribution in [3.8, 4) is 0 Å². The Hall–Kier alpha value is -0.450. The summed E-state index contributed by atoms with van der Waals surface area (Å²) in [5.41, 5.74) is 1.67. The molecule has 4 heteroatoms. The van der Waals surface area contributed by atoms with Gasteiger partial charge in [-0.3, -0.25) is 0 Å². The number of hydrogen-bond acceptors (Lipinski definition) is 3. The average Bonchev–Trinajstić information content (AvgIpc) is 2.59. The Bertz CT molecular complexity index is 511. The molecule has 0 spiro atoms. The van der Waals surface area contributed by atoms with Crippen molar-refractivity contribution in [2.45, 2.75) is 48.7 Å². The van der Waals surface area contributed by atoms with E-state index in [1.165, 1.54) is 43.4 Å². The third kappa shape index (κ3) is 6.90. The minimum Gasteiger partial charge on any atom is -0.364 e. The van der Waals surface area contributed by atoms with Gasteiger partial charge in [-0.1, -0.05) is 53.8 Å². The van der Waals surface area contributed by atoms with Crippen molar-refractivity contribution >= 4 is 40.1 Å². The van der Waals surface area contributed by atoms with E-state index in [1.807, 2.05) is 42.5 Å². The molecule has 23 heavy (non-hydrogen) atoms. The Morgan fingerprint density at radius 2 is 2.00 bits per heavy atom. The second kappa shape index (κ2) is 10.4. The third-order valence-corrected chi connectivity index (χ3v) is 7.15. The molecule has 0 saturated carbocycles. The average molecular weight is 366 g/mol. The zero-order valence-electron chi connectivity index (χ0n) is 14.2. The summed E-state index contributed by atoms with van der Waals surface area (Å²) < 4.78 is 0.995. The Balaban J connectivity index is 1.88. The summed E-state index contributed by atoms with van der Waals surface area (Å²) in [7, 11) is 4.05. The Morgan fingerprint density at radius 1 is 1.22 bits per heavy atom. The summed E-state index contributed by atoms with van der Waals surface area (Å²) >= 11 is 9.21. The standard InChI is InChI=1S/C19H27NS3/c1-20(2)19(21)22-15-9-14-18(16-10-5-3-6-11-16)23-17-12-7-4-8-13-17/h4,7-8,10,12-13,18H,3,5-6,9,11,14-15H2,1-2H3. The van der Waals surface area contributed by atoms with Gasteiger partial charge in [0.1, 0.15) is 4.32 Å². The van der Waals surface area contributed by atoms with Gasteiger partial charge < -0.3 is 4.90 Å². The highest BCUT2D eigenvalue weighted by Crippen LogP contribution is 2.35. The van der Waals surface area contributed by atoms with Crippen LogP contribution in [0.4, 0.5) is 0 Å². The first-order valence-corrected chi connectivity index (χ1v) is 10.7. The first kappa shape index (κ1) is 18.9. The summed E-state index contributed by atoms with van der Waals surface area (Å²) in [5, 5.41) is 0.631. The molecule has 0 aliphatic heterocycles. The summed E-state index contributed by atoms with van der Waals surface area (Å²) in [6.45, 7) is 0. The zero-order valence-corrected chi connectivity index (χ0v) is 16.6. The molecular weight excluding hydrogens is 338 g/mol. The van der Waals surface area contributed by atoms with Crippen molar-refractivity contribution in [1.82, 2.24) is 4.90 Å². The van der Waals surface area contributed by atoms with Crippen molar-refractivity contribution in [3.05, 3.63) is 42.0 Å². The zero-order chi connectivity index (χ0) is 16.5. The lowest BCUT2D eigenvalue weighted by molar-refractivity contribution is 0.647. The molecule has 1 aromatic rings. The molecular formula is C19H27NS3. The van der Waals surface area contributed by atoms with Gasteiger partial charge in [-0.05, 0) is 50.7 Å². The lowest BCUT2D eigenvalue weighted by Gasteiger charge is -2.23. The number of benzene rings is 1. The van der Waals surface area contributed by atoms with Crippen molar-refractivity contribution in [2.75, 3.05) is 19.8 Å². The number of nitrogens with zero attached hydrogens (tertiary/aromatic N) is 1. The van der Waals surface area contributed by atoms with Gasteiger partial charge in [0.25, 0.3) is 0 Å². The minimum absolute atomic E-state index is 0.631. The number of hydrogen-bond donors (Lipinski definition) is 0. The minimum atomic E-state index is 0.631. The van der Waals surface area contributed by atoms with Crippen LogP contribution in [0.15, 0.2) is 46.9 Å². The van der Waals surface area contributed by atoms with Crippen LogP contribution in [0.3, 0.4) is 0 Å². The summed E-state index contributed by atoms with van der Waals surface area (Å²) in [5.74, 6) is 1.12. The first-order chi connectivity index (χ1) is 11.2. The van der Waals surface area contributed by atoms with Crippen LogP contribution >= 0.6 is 35.7 Å². The van der Waals surface area contributed by atoms with E-state index < -0.39 is 0 Å². The largest absolute Gasteiger partial charge is 0.364 e. The monoisotopic (exact) mass is 365 g/mol. The molecule has 0 radical (unpaired) electrons. The fourth-order valence-electron chi connectivity index (χ4n) is 2.70. The molecule has 0 amide bonds. The van der Waals surface area contributed by atoms with Gasteiger partial charge in [0.05, 0.1) is 0 Å². The van der Waals surface area contributed by atoms with E-state index in [0.29, 0.717) is 5.25 Å². The maximum Gasteiger partial charge on any atom is 0.135 e. The van der Waals surface area contributed by atoms with E-state index in [-0.39, 0.29) is 0 Å². The molecule has 1 aromatic carbocycles. The summed E-state index contributed by atoms with van der Waals surface area (Å²) in [6.07, 6.45) is 10.2. The Labute approximate surface area is 155 Å². The van der Waals surface area contributed by atoms with Gasteiger partial charge in [0.15, 0.2) is 0 Å². The van der Waals surface area contributed by atoms with Crippen LogP contribution < -0.4 is 0 Å². The molecule has 0 saturated heterocycles. The van der Waals surface area contributed by atoms with Crippen LogP contribution in [0.25, 0.3) is 0 Å². The predicted octanol–water partition coefficient (Wildman–Crippen LogP) is 6.01. The Kier molecular flexibility index (Phi) is 8.56. The molecule has 126 valence electrons. The fourth-order valence-corrected chi connectivity index (χ4v) is 4.98. The Morgan fingerprint density at radius 3 is 2.65 bits per heavy atom. The van der Waals surface area contributed by atoms with Crippen molar-refractivity contribution < 1.29 is 0 Å². The highest BCUT2D eigenvalue weighted by molar-refractivity contribution is 8.22. The molecule has 0 heterocycles. The van der Waals surface area contributed by atoms with Crippen LogP contribution in [-0.2, 0) is 0 Å². The third-order valence-electron chi connectivity index (χ3n) is 3.96. The van der Waals surface area contributed by atoms with Gasteiger partial charge in [-0.2, -0.15) is 0 Å². The topological polar surface area (TPSA) is 3.24 Å². The second-order valence-corrected chi connectivity index (χ2v) is 9.10. The van der Waals surface area contributed by atoms with Crippen LogP contribution in [0.2, 0.25) is 0 Å². The van der Waals surface area contributed by atoms with E-state index in [0.717, 1.165) is 10.1 Å². The van der Waals surface area contributed by atoms with Crippen LogP contribution in [0.1, 0.15) is 38.5 Å². The number of thioether (sulfide) groups is 2. The van der Waals surface area contributed by atoms with Gasteiger partial charge in [0.2, 0.25) is 0 Å². The molecule has 1 atom stereocenters.